The highest BCUT2D eigenvalue weighted by Gasteiger charge is 2.21. The third kappa shape index (κ3) is 5.58. The molecule has 0 saturated carbocycles. The lowest BCUT2D eigenvalue weighted by Gasteiger charge is -2.18. The van der Waals surface area contributed by atoms with Crippen LogP contribution in [-0.2, 0) is 0 Å². The van der Waals surface area contributed by atoms with Gasteiger partial charge in [0.05, 0.1) is 11.4 Å². The molecule has 1 fully saturated rings. The van der Waals surface area contributed by atoms with Crippen LogP contribution in [0.2, 0.25) is 0 Å². The van der Waals surface area contributed by atoms with E-state index >= 15 is 0 Å². The van der Waals surface area contributed by atoms with Crippen LogP contribution in [0.25, 0.3) is 0 Å². The molecule has 1 unspecified atom stereocenters. The van der Waals surface area contributed by atoms with Crippen LogP contribution in [0.3, 0.4) is 0 Å². The quantitative estimate of drug-likeness (QED) is 0.364. The first-order valence-corrected chi connectivity index (χ1v) is 10.5. The minimum atomic E-state index is 0.751. The molecular weight excluding hydrogens is 374 g/mol. The van der Waals surface area contributed by atoms with E-state index in [1.165, 1.54) is 12.6 Å². The molecule has 7 heteroatoms. The molecule has 0 aromatic heterocycles. The van der Waals surface area contributed by atoms with E-state index in [1.807, 2.05) is 43.4 Å². The maximum absolute atomic E-state index is 7.58. The number of aliphatic imine (C=N–C) groups is 1. The van der Waals surface area contributed by atoms with Crippen molar-refractivity contribution < 1.29 is 0 Å². The van der Waals surface area contributed by atoms with Crippen LogP contribution in [0.15, 0.2) is 41.4 Å². The zero-order valence-corrected chi connectivity index (χ0v) is 17.7. The summed E-state index contributed by atoms with van der Waals surface area (Å²) in [4.78, 5) is 6.69. The molecule has 0 radical (unpaired) electrons. The molecule has 7 nitrogen and oxygen atoms in total. The molecule has 160 valence electrons. The van der Waals surface area contributed by atoms with Crippen molar-refractivity contribution in [2.24, 2.45) is 16.6 Å². The van der Waals surface area contributed by atoms with Gasteiger partial charge in [-0.05, 0) is 75.0 Å². The number of benzene rings is 2. The van der Waals surface area contributed by atoms with Crippen LogP contribution in [0.1, 0.15) is 18.4 Å². The van der Waals surface area contributed by atoms with Crippen molar-refractivity contribution in [3.05, 3.63) is 42.0 Å². The molecule has 1 saturated heterocycles. The Balaban J connectivity index is 1.58. The summed E-state index contributed by atoms with van der Waals surface area (Å²) in [5, 5.41) is 17.6. The Morgan fingerprint density at radius 2 is 2.00 bits per heavy atom. The largest absolute Gasteiger partial charge is 0.388 e. The van der Waals surface area contributed by atoms with Crippen molar-refractivity contribution in [3.8, 4) is 0 Å². The second kappa shape index (κ2) is 10.8. The Labute approximate surface area is 179 Å². The number of hydrogen-bond donors (Lipinski definition) is 5. The predicted octanol–water partition coefficient (Wildman–Crippen LogP) is 3.88. The lowest BCUT2D eigenvalue weighted by atomic mass is 10.1. The molecule has 30 heavy (non-hydrogen) atoms. The number of nitrogens with one attached hydrogen (secondary N) is 4. The Bertz CT molecular complexity index is 865. The van der Waals surface area contributed by atoms with Crippen LogP contribution in [0.4, 0.5) is 28.4 Å². The topological polar surface area (TPSA) is 102 Å². The Morgan fingerprint density at radius 3 is 2.70 bits per heavy atom. The zero-order chi connectivity index (χ0) is 21.3. The van der Waals surface area contributed by atoms with E-state index in [2.05, 4.69) is 32.6 Å². The van der Waals surface area contributed by atoms with Crippen molar-refractivity contribution in [2.45, 2.75) is 12.8 Å². The van der Waals surface area contributed by atoms with Gasteiger partial charge >= 0.3 is 0 Å². The summed E-state index contributed by atoms with van der Waals surface area (Å²) in [5.41, 5.74) is 11.1. The van der Waals surface area contributed by atoms with Crippen LogP contribution < -0.4 is 21.7 Å². The molecule has 1 aliphatic heterocycles. The number of likely N-dealkylation sites (tertiary alicyclic amines) is 1. The van der Waals surface area contributed by atoms with Gasteiger partial charge in [0.1, 0.15) is 0 Å². The Kier molecular flexibility index (Phi) is 7.82. The van der Waals surface area contributed by atoms with Crippen molar-refractivity contribution in [3.63, 3.8) is 0 Å². The zero-order valence-electron chi connectivity index (χ0n) is 17.7. The molecule has 1 atom stereocenters. The number of rotatable bonds is 11. The average molecular weight is 408 g/mol. The maximum Gasteiger partial charge on any atom is 0.0874 e. The van der Waals surface area contributed by atoms with E-state index in [4.69, 9.17) is 11.1 Å². The Morgan fingerprint density at radius 1 is 1.23 bits per heavy atom. The monoisotopic (exact) mass is 407 g/mol. The predicted molar refractivity (Wildman–Crippen MR) is 130 cm³/mol. The minimum absolute atomic E-state index is 0.751. The van der Waals surface area contributed by atoms with E-state index in [0.29, 0.717) is 0 Å². The fourth-order valence-corrected chi connectivity index (χ4v) is 3.98. The maximum atomic E-state index is 7.58. The summed E-state index contributed by atoms with van der Waals surface area (Å²) in [6, 6.07) is 11.9. The second-order valence-electron chi connectivity index (χ2n) is 7.67. The molecular formula is C23H33N7. The lowest BCUT2D eigenvalue weighted by Crippen LogP contribution is -2.27. The third-order valence-electron chi connectivity index (χ3n) is 5.62. The van der Waals surface area contributed by atoms with Gasteiger partial charge < -0.3 is 32.0 Å². The number of anilines is 4. The van der Waals surface area contributed by atoms with Gasteiger partial charge in [0.2, 0.25) is 0 Å². The fourth-order valence-electron chi connectivity index (χ4n) is 3.98. The van der Waals surface area contributed by atoms with E-state index in [9.17, 15) is 0 Å². The standard InChI is InChI=1S/C23H33N7/c1-26-21-5-3-19(13-18(21)15-25)29-20-4-6-22(23(14-20)27-2)28-10-12-30-11-8-17(16-30)7-9-24/h3-6,13-15,17,25-26,28-29H,2,7-12,16,24H2,1H3. The Hall–Kier alpha value is -2.90. The highest BCUT2D eigenvalue weighted by Crippen LogP contribution is 2.30. The van der Waals surface area contributed by atoms with Gasteiger partial charge in [-0.15, -0.1) is 0 Å². The first kappa shape index (κ1) is 21.8. The second-order valence-corrected chi connectivity index (χ2v) is 7.67. The molecule has 1 aliphatic rings. The SMILES string of the molecule is C=Nc1cc(Nc2ccc(NC)c(C=N)c2)ccc1NCCN1CCC(CCN)C1. The highest BCUT2D eigenvalue weighted by atomic mass is 15.2. The normalized spacial score (nSPS) is 16.3. The smallest absolute Gasteiger partial charge is 0.0874 e. The van der Waals surface area contributed by atoms with Gasteiger partial charge in [0.15, 0.2) is 0 Å². The summed E-state index contributed by atoms with van der Waals surface area (Å²) in [7, 11) is 1.85. The van der Waals surface area contributed by atoms with Gasteiger partial charge in [0.25, 0.3) is 0 Å². The van der Waals surface area contributed by atoms with Crippen molar-refractivity contribution in [2.75, 3.05) is 55.7 Å². The average Bonchev–Trinajstić information content (AvgIpc) is 3.22. The summed E-state index contributed by atoms with van der Waals surface area (Å²) in [5.74, 6) is 0.751. The van der Waals surface area contributed by atoms with Gasteiger partial charge in [-0.1, -0.05) is 0 Å². The van der Waals surface area contributed by atoms with Crippen molar-refractivity contribution in [1.82, 2.24) is 4.90 Å². The van der Waals surface area contributed by atoms with Crippen LogP contribution in [0.5, 0.6) is 0 Å². The van der Waals surface area contributed by atoms with E-state index in [1.54, 1.807) is 0 Å². The van der Waals surface area contributed by atoms with Crippen LogP contribution in [-0.4, -0.2) is 57.6 Å². The molecule has 1 heterocycles. The third-order valence-corrected chi connectivity index (χ3v) is 5.62. The number of nitrogens with two attached hydrogens (primary N) is 1. The van der Waals surface area contributed by atoms with Crippen LogP contribution >= 0.6 is 0 Å². The van der Waals surface area contributed by atoms with E-state index in [0.717, 1.165) is 79.1 Å². The highest BCUT2D eigenvalue weighted by molar-refractivity contribution is 5.88. The van der Waals surface area contributed by atoms with Crippen LogP contribution in [0, 0.1) is 11.3 Å². The molecule has 3 rings (SSSR count). The molecule has 2 aromatic rings. The molecule has 6 N–H and O–H groups in total. The van der Waals surface area contributed by atoms with E-state index < -0.39 is 0 Å². The summed E-state index contributed by atoms with van der Waals surface area (Å²) in [6.07, 6.45) is 3.73. The lowest BCUT2D eigenvalue weighted by molar-refractivity contribution is 0.333. The summed E-state index contributed by atoms with van der Waals surface area (Å²) < 4.78 is 0. The summed E-state index contributed by atoms with van der Waals surface area (Å²) in [6.45, 7) is 8.71. The fraction of sp³-hybridized carbons (Fsp3) is 0.391. The molecule has 0 spiro atoms. The van der Waals surface area contributed by atoms with Gasteiger partial charge in [0, 0.05) is 55.5 Å². The molecule has 2 aromatic carbocycles. The van der Waals surface area contributed by atoms with Gasteiger partial charge in [-0.3, -0.25) is 4.99 Å². The number of nitrogens with zero attached hydrogens (tertiary/aromatic N) is 2. The van der Waals surface area contributed by atoms with E-state index in [-0.39, 0.29) is 0 Å². The van der Waals surface area contributed by atoms with Crippen molar-refractivity contribution in [1.29, 1.82) is 5.41 Å². The van der Waals surface area contributed by atoms with Gasteiger partial charge in [-0.25, -0.2) is 0 Å². The summed E-state index contributed by atoms with van der Waals surface area (Å²) >= 11 is 0. The van der Waals surface area contributed by atoms with Gasteiger partial charge in [-0.2, -0.15) is 0 Å². The minimum Gasteiger partial charge on any atom is -0.388 e. The molecule has 0 bridgehead atoms. The first-order chi connectivity index (χ1) is 14.7. The first-order valence-electron chi connectivity index (χ1n) is 10.5. The molecule has 0 aliphatic carbocycles. The van der Waals surface area contributed by atoms with Crippen molar-refractivity contribution >= 4 is 41.4 Å². The molecule has 0 amide bonds. The number of hydrogen-bond acceptors (Lipinski definition) is 7.